The maximum atomic E-state index is 13.2. The van der Waals surface area contributed by atoms with E-state index in [-0.39, 0.29) is 11.6 Å². The van der Waals surface area contributed by atoms with Gasteiger partial charge in [0.05, 0.1) is 12.6 Å². The van der Waals surface area contributed by atoms with Gasteiger partial charge >= 0.3 is 0 Å². The Bertz CT molecular complexity index is 1570. The summed E-state index contributed by atoms with van der Waals surface area (Å²) in [6.07, 6.45) is 2.50. The van der Waals surface area contributed by atoms with Crippen LogP contribution in [0.4, 0.5) is 0 Å². The molecule has 2 aromatic heterocycles. The third-order valence-electron chi connectivity index (χ3n) is 7.25. The van der Waals surface area contributed by atoms with Gasteiger partial charge < -0.3 is 9.72 Å². The maximum Gasteiger partial charge on any atom is 0.252 e. The number of fused-ring (bicyclic) bond motifs is 1. The lowest BCUT2D eigenvalue weighted by atomic mass is 10.1. The summed E-state index contributed by atoms with van der Waals surface area (Å²) in [7, 11) is 0. The van der Waals surface area contributed by atoms with Crippen LogP contribution in [0.15, 0.2) is 89.7 Å². The Kier molecular flexibility index (Phi) is 8.98. The molecule has 40 heavy (non-hydrogen) atoms. The summed E-state index contributed by atoms with van der Waals surface area (Å²) in [4.78, 5) is 18.6. The van der Waals surface area contributed by atoms with Gasteiger partial charge in [0, 0.05) is 36.1 Å². The van der Waals surface area contributed by atoms with Crippen LogP contribution in [0.3, 0.4) is 0 Å². The fourth-order valence-corrected chi connectivity index (χ4v) is 5.18. The predicted octanol–water partition coefficient (Wildman–Crippen LogP) is 5.35. The number of aromatic amines is 1. The monoisotopic (exact) mass is 536 g/mol. The first-order valence-electron chi connectivity index (χ1n) is 14.0. The fourth-order valence-electron chi connectivity index (χ4n) is 5.18. The summed E-state index contributed by atoms with van der Waals surface area (Å²) in [5, 5.41) is 13.8. The van der Waals surface area contributed by atoms with Gasteiger partial charge in [0.25, 0.3) is 5.56 Å². The summed E-state index contributed by atoms with van der Waals surface area (Å²) in [6.45, 7) is 6.62. The molecule has 0 radical (unpaired) electrons. The molecule has 0 aliphatic rings. The fraction of sp³-hybridized carbons (Fsp3) is 0.312. The predicted molar refractivity (Wildman–Crippen MR) is 157 cm³/mol. The second-order valence-corrected chi connectivity index (χ2v) is 9.93. The van der Waals surface area contributed by atoms with Crippen LogP contribution >= 0.6 is 0 Å². The SMILES string of the molecule is CCOc1ccc2[nH]c(=O)c(CN(CCc3ccccc3)[C@H](CC)c3nnnn3CCc3ccccc3)cc2c1. The molecule has 2 heterocycles. The first-order chi connectivity index (χ1) is 19.6. The topological polar surface area (TPSA) is 88.9 Å². The molecule has 206 valence electrons. The Labute approximate surface area is 234 Å². The van der Waals surface area contributed by atoms with Gasteiger partial charge in [0.2, 0.25) is 0 Å². The van der Waals surface area contributed by atoms with Gasteiger partial charge in [-0.1, -0.05) is 67.6 Å². The molecule has 5 aromatic rings. The number of H-pyrrole nitrogens is 1. The van der Waals surface area contributed by atoms with Gasteiger partial charge in [-0.05, 0) is 72.0 Å². The molecule has 0 aliphatic carbocycles. The quantitative estimate of drug-likeness (QED) is 0.218. The number of rotatable bonds is 13. The summed E-state index contributed by atoms with van der Waals surface area (Å²) in [5.41, 5.74) is 3.91. The average Bonchev–Trinajstić information content (AvgIpc) is 3.45. The minimum Gasteiger partial charge on any atom is -0.494 e. The Morgan fingerprint density at radius 2 is 1.65 bits per heavy atom. The first-order valence-corrected chi connectivity index (χ1v) is 14.0. The van der Waals surface area contributed by atoms with Crippen molar-refractivity contribution >= 4 is 10.9 Å². The molecule has 1 atom stereocenters. The minimum absolute atomic E-state index is 0.0562. The molecule has 0 saturated carbocycles. The number of aryl methyl sites for hydroxylation is 2. The molecule has 0 saturated heterocycles. The van der Waals surface area contributed by atoms with E-state index in [1.807, 2.05) is 48.0 Å². The van der Waals surface area contributed by atoms with Gasteiger partial charge in [-0.15, -0.1) is 5.10 Å². The van der Waals surface area contributed by atoms with Gasteiger partial charge in [0.15, 0.2) is 5.82 Å². The number of hydrogen-bond acceptors (Lipinski definition) is 6. The maximum absolute atomic E-state index is 13.2. The van der Waals surface area contributed by atoms with Crippen molar-refractivity contribution in [3.05, 3.63) is 118 Å². The van der Waals surface area contributed by atoms with Crippen molar-refractivity contribution in [1.82, 2.24) is 30.1 Å². The lowest BCUT2D eigenvalue weighted by molar-refractivity contribution is 0.171. The third-order valence-corrected chi connectivity index (χ3v) is 7.25. The third kappa shape index (κ3) is 6.63. The second-order valence-electron chi connectivity index (χ2n) is 9.93. The van der Waals surface area contributed by atoms with Crippen LogP contribution in [-0.4, -0.2) is 43.2 Å². The number of pyridine rings is 1. The van der Waals surface area contributed by atoms with E-state index < -0.39 is 0 Å². The van der Waals surface area contributed by atoms with Crippen LogP contribution in [0.25, 0.3) is 10.9 Å². The van der Waals surface area contributed by atoms with Crippen LogP contribution < -0.4 is 10.3 Å². The summed E-state index contributed by atoms with van der Waals surface area (Å²) in [6, 6.07) is 28.5. The number of ether oxygens (including phenoxy) is 1. The van der Waals surface area contributed by atoms with Crippen LogP contribution in [0.5, 0.6) is 5.75 Å². The number of tetrazole rings is 1. The highest BCUT2D eigenvalue weighted by Crippen LogP contribution is 2.26. The molecule has 1 N–H and O–H groups in total. The van der Waals surface area contributed by atoms with E-state index in [9.17, 15) is 4.79 Å². The van der Waals surface area contributed by atoms with Crippen molar-refractivity contribution in [2.45, 2.75) is 52.2 Å². The van der Waals surface area contributed by atoms with Crippen LogP contribution in [0.1, 0.15) is 48.8 Å². The Hall–Kier alpha value is -4.30. The van der Waals surface area contributed by atoms with Gasteiger partial charge in [0.1, 0.15) is 5.75 Å². The Balaban J connectivity index is 1.44. The zero-order valence-electron chi connectivity index (χ0n) is 23.2. The molecule has 8 nitrogen and oxygen atoms in total. The highest BCUT2D eigenvalue weighted by Gasteiger charge is 2.25. The van der Waals surface area contributed by atoms with Crippen molar-refractivity contribution < 1.29 is 4.74 Å². The van der Waals surface area contributed by atoms with Crippen LogP contribution in [-0.2, 0) is 25.9 Å². The van der Waals surface area contributed by atoms with Crippen molar-refractivity contribution in [3.63, 3.8) is 0 Å². The van der Waals surface area contributed by atoms with Crippen LogP contribution in [0, 0.1) is 0 Å². The van der Waals surface area contributed by atoms with E-state index in [4.69, 9.17) is 4.74 Å². The standard InChI is InChI=1S/C32H36N6O2/c1-3-30(31-34-35-36-38(31)20-18-25-13-9-6-10-14-25)37(19-17-24-11-7-5-8-12-24)23-27-21-26-22-28(40-4-2)15-16-29(26)33-32(27)39/h5-16,21-22,30H,3-4,17-20,23H2,1-2H3,(H,33,39)/t30-/m1/s1. The minimum atomic E-state index is -0.0834. The molecule has 0 aliphatic heterocycles. The number of benzene rings is 3. The molecular formula is C32H36N6O2. The Morgan fingerprint density at radius 3 is 2.35 bits per heavy atom. The van der Waals surface area contributed by atoms with Crippen molar-refractivity contribution in [1.29, 1.82) is 0 Å². The Morgan fingerprint density at radius 1 is 0.925 bits per heavy atom. The van der Waals surface area contributed by atoms with E-state index in [0.29, 0.717) is 25.3 Å². The number of nitrogens with zero attached hydrogens (tertiary/aromatic N) is 5. The highest BCUT2D eigenvalue weighted by molar-refractivity contribution is 5.80. The van der Waals surface area contributed by atoms with Gasteiger partial charge in [-0.3, -0.25) is 9.69 Å². The van der Waals surface area contributed by atoms with E-state index in [0.717, 1.165) is 48.3 Å². The number of aromatic nitrogens is 5. The average molecular weight is 537 g/mol. The second kappa shape index (κ2) is 13.2. The molecule has 8 heteroatoms. The van der Waals surface area contributed by atoms with E-state index in [2.05, 4.69) is 80.9 Å². The van der Waals surface area contributed by atoms with Crippen molar-refractivity contribution in [2.75, 3.05) is 13.2 Å². The lowest BCUT2D eigenvalue weighted by Crippen LogP contribution is -2.34. The van der Waals surface area contributed by atoms with E-state index in [1.165, 1.54) is 11.1 Å². The smallest absolute Gasteiger partial charge is 0.252 e. The summed E-state index contributed by atoms with van der Waals surface area (Å²) < 4.78 is 7.61. The van der Waals surface area contributed by atoms with Gasteiger partial charge in [-0.25, -0.2) is 4.68 Å². The zero-order chi connectivity index (χ0) is 27.7. The normalized spacial score (nSPS) is 12.2. The molecule has 0 amide bonds. The molecule has 3 aromatic carbocycles. The van der Waals surface area contributed by atoms with E-state index in [1.54, 1.807) is 0 Å². The van der Waals surface area contributed by atoms with Crippen molar-refractivity contribution in [3.8, 4) is 5.75 Å². The zero-order valence-corrected chi connectivity index (χ0v) is 23.2. The molecule has 0 bridgehead atoms. The molecule has 0 fully saturated rings. The van der Waals surface area contributed by atoms with Gasteiger partial charge in [-0.2, -0.15) is 0 Å². The largest absolute Gasteiger partial charge is 0.494 e. The highest BCUT2D eigenvalue weighted by atomic mass is 16.5. The van der Waals surface area contributed by atoms with Crippen molar-refractivity contribution in [2.24, 2.45) is 0 Å². The first kappa shape index (κ1) is 27.3. The van der Waals surface area contributed by atoms with Crippen LogP contribution in [0.2, 0.25) is 0 Å². The number of nitrogens with one attached hydrogen (secondary N) is 1. The molecule has 0 unspecified atom stereocenters. The number of hydrogen-bond donors (Lipinski definition) is 1. The summed E-state index contributed by atoms with van der Waals surface area (Å²) >= 11 is 0. The lowest BCUT2D eigenvalue weighted by Gasteiger charge is -2.30. The molecular weight excluding hydrogens is 500 g/mol. The van der Waals surface area contributed by atoms with E-state index >= 15 is 0 Å². The summed E-state index contributed by atoms with van der Waals surface area (Å²) in [5.74, 6) is 1.61. The molecule has 5 rings (SSSR count). The molecule has 0 spiro atoms.